The lowest BCUT2D eigenvalue weighted by Gasteiger charge is -2.44. The number of carbonyl (C=O) groups excluding carboxylic acids is 2. The van der Waals surface area contributed by atoms with Crippen LogP contribution in [0.25, 0.3) is 11.1 Å². The van der Waals surface area contributed by atoms with E-state index in [1.54, 1.807) is 19.9 Å². The van der Waals surface area contributed by atoms with Gasteiger partial charge < -0.3 is 19.7 Å². The summed E-state index contributed by atoms with van der Waals surface area (Å²) >= 11 is 0. The van der Waals surface area contributed by atoms with Crippen LogP contribution >= 0.6 is 0 Å². The molecule has 0 heterocycles. The van der Waals surface area contributed by atoms with Crippen LogP contribution in [0, 0.1) is 23.2 Å². The SMILES string of the molecule is C/C=C(/COC(c1ccccc1)(c1ccccc1)c1ccccc1)C[C@]1(O)C(=O)C(C)=C[C@H]1[C@@](C)(O)[C@H](C)C[C@]1(OC(=O)Cc2ccc(-c3ccccc3)cc2)C(C)C1(C)C. The van der Waals surface area contributed by atoms with E-state index in [1.165, 1.54) is 0 Å². The zero-order chi connectivity index (χ0) is 43.6. The molecule has 0 saturated heterocycles. The van der Waals surface area contributed by atoms with Crippen LogP contribution in [-0.2, 0) is 31.1 Å². The van der Waals surface area contributed by atoms with Crippen LogP contribution in [-0.4, -0.2) is 45.4 Å². The molecule has 2 aliphatic rings. The van der Waals surface area contributed by atoms with Gasteiger partial charge in [0.15, 0.2) is 5.78 Å². The van der Waals surface area contributed by atoms with E-state index in [9.17, 15) is 19.8 Å². The van der Waals surface area contributed by atoms with E-state index >= 15 is 0 Å². The van der Waals surface area contributed by atoms with Crippen molar-refractivity contribution in [2.24, 2.45) is 23.2 Å². The number of hydrogen-bond donors (Lipinski definition) is 2. The quantitative estimate of drug-likeness (QED) is 0.0585. The molecule has 0 aliphatic heterocycles. The molecule has 6 nitrogen and oxygen atoms in total. The van der Waals surface area contributed by atoms with Crippen molar-refractivity contribution >= 4 is 11.8 Å². The van der Waals surface area contributed by atoms with Crippen LogP contribution < -0.4 is 0 Å². The number of ketones is 1. The first-order valence-electron chi connectivity index (χ1n) is 21.6. The maximum Gasteiger partial charge on any atom is 0.310 e. The van der Waals surface area contributed by atoms with Crippen LogP contribution in [0.4, 0.5) is 0 Å². The standard InChI is InChI=1S/C55H60O6/c1-8-41(37-60-55(45-23-15-10-16-24-45,46-25-17-11-18-26-46)47-27-19-12-20-28-47)36-53(59)48(33-38(2)50(53)57)52(7,58)39(3)35-54(40(4)51(54,5)6)61-49(56)34-42-29-31-44(32-30-42)43-21-13-9-14-22-43/h8-33,39-40,48,58-59H,34-37H2,1-7H3/b41-8+/t39-,40?,48+,52+,53-,54+/m1/s1. The zero-order valence-electron chi connectivity index (χ0n) is 36.6. The van der Waals surface area contributed by atoms with Crippen molar-refractivity contribution in [2.75, 3.05) is 6.61 Å². The lowest BCUT2D eigenvalue weighted by Crippen LogP contribution is -2.55. The first kappa shape index (κ1) is 43.7. The van der Waals surface area contributed by atoms with Crippen molar-refractivity contribution in [3.63, 3.8) is 0 Å². The maximum atomic E-state index is 14.1. The second-order valence-electron chi connectivity index (χ2n) is 18.2. The number of hydrogen-bond acceptors (Lipinski definition) is 6. The largest absolute Gasteiger partial charge is 0.458 e. The van der Waals surface area contributed by atoms with E-state index < -0.39 is 40.0 Å². The lowest BCUT2D eigenvalue weighted by atomic mass is 9.68. The van der Waals surface area contributed by atoms with Gasteiger partial charge in [0.05, 0.1) is 18.6 Å². The van der Waals surface area contributed by atoms with Crippen molar-refractivity contribution in [3.05, 3.63) is 191 Å². The smallest absolute Gasteiger partial charge is 0.310 e. The second-order valence-corrected chi connectivity index (χ2v) is 18.2. The van der Waals surface area contributed by atoms with E-state index in [0.29, 0.717) is 12.0 Å². The molecule has 0 bridgehead atoms. The van der Waals surface area contributed by atoms with Gasteiger partial charge in [0.1, 0.15) is 16.8 Å². The summed E-state index contributed by atoms with van der Waals surface area (Å²) in [5.74, 6) is -2.13. The number of aliphatic hydroxyl groups is 2. The predicted molar refractivity (Wildman–Crippen MR) is 242 cm³/mol. The number of rotatable bonds is 16. The minimum Gasteiger partial charge on any atom is -0.458 e. The number of carbonyl (C=O) groups is 2. The highest BCUT2D eigenvalue weighted by molar-refractivity contribution is 6.04. The van der Waals surface area contributed by atoms with Crippen molar-refractivity contribution in [3.8, 4) is 11.1 Å². The van der Waals surface area contributed by atoms with E-state index in [0.717, 1.165) is 39.0 Å². The number of Topliss-reactive ketones (excluding diaryl/α,β-unsaturated/α-hetero) is 1. The molecule has 7 rings (SSSR count). The molecule has 5 aromatic rings. The van der Waals surface area contributed by atoms with Crippen LogP contribution in [0.2, 0.25) is 0 Å². The van der Waals surface area contributed by atoms with E-state index in [2.05, 4.69) is 69.3 Å². The Bertz CT molecular complexity index is 2270. The second kappa shape index (κ2) is 17.2. The highest BCUT2D eigenvalue weighted by Crippen LogP contribution is 2.67. The van der Waals surface area contributed by atoms with Gasteiger partial charge >= 0.3 is 5.97 Å². The van der Waals surface area contributed by atoms with Gasteiger partial charge in [0, 0.05) is 23.7 Å². The third kappa shape index (κ3) is 8.10. The van der Waals surface area contributed by atoms with Gasteiger partial charge in [0.25, 0.3) is 0 Å². The van der Waals surface area contributed by atoms with Gasteiger partial charge in [-0.1, -0.05) is 185 Å². The minimum absolute atomic E-state index is 0.0231. The van der Waals surface area contributed by atoms with Gasteiger partial charge in [-0.05, 0) is 77.6 Å². The van der Waals surface area contributed by atoms with Gasteiger partial charge in [-0.25, -0.2) is 0 Å². The van der Waals surface area contributed by atoms with Crippen molar-refractivity contribution in [1.29, 1.82) is 0 Å². The van der Waals surface area contributed by atoms with Crippen LogP contribution in [0.5, 0.6) is 0 Å². The van der Waals surface area contributed by atoms with Crippen molar-refractivity contribution in [1.82, 2.24) is 0 Å². The molecule has 0 spiro atoms. The fourth-order valence-electron chi connectivity index (χ4n) is 9.94. The normalized spacial score (nSPS) is 23.8. The molecule has 61 heavy (non-hydrogen) atoms. The van der Waals surface area contributed by atoms with Crippen molar-refractivity contribution < 1.29 is 29.3 Å². The number of benzene rings is 5. The highest BCUT2D eigenvalue weighted by Gasteiger charge is 2.73. The number of ether oxygens (including phenoxy) is 2. The maximum absolute atomic E-state index is 14.1. The summed E-state index contributed by atoms with van der Waals surface area (Å²) in [6.07, 6.45) is 4.07. The zero-order valence-corrected chi connectivity index (χ0v) is 36.6. The van der Waals surface area contributed by atoms with Crippen LogP contribution in [0.1, 0.15) is 83.6 Å². The average molecular weight is 817 g/mol. The first-order valence-corrected chi connectivity index (χ1v) is 21.6. The van der Waals surface area contributed by atoms with E-state index in [-0.39, 0.29) is 36.8 Å². The Kier molecular flexibility index (Phi) is 12.3. The Morgan fingerprint density at radius 1 is 0.787 bits per heavy atom. The molecule has 2 N–H and O–H groups in total. The Labute approximate surface area is 362 Å². The van der Waals surface area contributed by atoms with Crippen LogP contribution in [0.15, 0.2) is 169 Å². The summed E-state index contributed by atoms with van der Waals surface area (Å²) in [5.41, 5.74) is 1.31. The molecule has 1 unspecified atom stereocenters. The molecule has 1 fully saturated rings. The summed E-state index contributed by atoms with van der Waals surface area (Å²) in [6.45, 7) is 13.6. The summed E-state index contributed by atoms with van der Waals surface area (Å²) in [7, 11) is 0. The fourth-order valence-corrected chi connectivity index (χ4v) is 9.94. The molecule has 1 saturated carbocycles. The predicted octanol–water partition coefficient (Wildman–Crippen LogP) is 10.9. The lowest BCUT2D eigenvalue weighted by molar-refractivity contribution is -0.162. The molecule has 5 aromatic carbocycles. The molecule has 0 aromatic heterocycles. The Balaban J connectivity index is 1.11. The number of esters is 1. The van der Waals surface area contributed by atoms with E-state index in [4.69, 9.17) is 9.47 Å². The van der Waals surface area contributed by atoms with E-state index in [1.807, 2.05) is 117 Å². The van der Waals surface area contributed by atoms with Gasteiger partial charge in [-0.2, -0.15) is 0 Å². The van der Waals surface area contributed by atoms with Gasteiger partial charge in [0.2, 0.25) is 0 Å². The first-order chi connectivity index (χ1) is 29.1. The summed E-state index contributed by atoms with van der Waals surface area (Å²) in [6, 6.07) is 48.3. The Hall–Kier alpha value is -5.40. The summed E-state index contributed by atoms with van der Waals surface area (Å²) < 4.78 is 13.6. The van der Waals surface area contributed by atoms with Gasteiger partial charge in [-0.15, -0.1) is 0 Å². The molecule has 2 aliphatic carbocycles. The van der Waals surface area contributed by atoms with Gasteiger partial charge in [-0.3, -0.25) is 9.59 Å². The molecule has 6 atom stereocenters. The summed E-state index contributed by atoms with van der Waals surface area (Å²) in [4.78, 5) is 27.8. The number of allylic oxidation sites excluding steroid dienone is 1. The average Bonchev–Trinajstić information content (AvgIpc) is 3.55. The Morgan fingerprint density at radius 3 is 1.70 bits per heavy atom. The third-order valence-electron chi connectivity index (χ3n) is 14.3. The fraction of sp³-hybridized carbons (Fsp3) is 0.345. The van der Waals surface area contributed by atoms with Crippen molar-refractivity contribution in [2.45, 2.75) is 90.1 Å². The molecule has 0 radical (unpaired) electrons. The summed E-state index contributed by atoms with van der Waals surface area (Å²) in [5, 5.41) is 25.3. The van der Waals surface area contributed by atoms with Crippen LogP contribution in [0.3, 0.4) is 0 Å². The molecule has 6 heteroatoms. The molecular weight excluding hydrogens is 757 g/mol. The molecule has 316 valence electrons. The molecular formula is C55H60O6. The topological polar surface area (TPSA) is 93.1 Å². The Morgan fingerprint density at radius 2 is 1.25 bits per heavy atom. The molecule has 0 amide bonds. The highest BCUT2D eigenvalue weighted by atomic mass is 16.6. The monoisotopic (exact) mass is 816 g/mol. The third-order valence-corrected chi connectivity index (χ3v) is 14.3. The minimum atomic E-state index is -1.94.